The number of carbonyl (C=O) groups excluding carboxylic acids is 2. The Labute approximate surface area is 145 Å². The molecule has 2 amide bonds. The summed E-state index contributed by atoms with van der Waals surface area (Å²) in [4.78, 5) is 25.1. The standard InChI is InChI=1S/C19H17ClN2O2/c1-11-3-2-4-12(9-11)17-19(8-7-16(23)22-17)14-6-5-13(20)10-15(14)21-18(19)24/h2-6,9-10,17H,7-8H2,1H3,(H,21,24)(H,22,23)/t17-,19-/m1/s1. The Morgan fingerprint density at radius 3 is 2.79 bits per heavy atom. The predicted octanol–water partition coefficient (Wildman–Crippen LogP) is 3.49. The maximum absolute atomic E-state index is 13.0. The van der Waals surface area contributed by atoms with E-state index in [0.717, 1.165) is 22.4 Å². The fourth-order valence-corrected chi connectivity index (χ4v) is 4.10. The van der Waals surface area contributed by atoms with Crippen LogP contribution >= 0.6 is 11.6 Å². The number of nitrogens with one attached hydrogen (secondary N) is 2. The average molecular weight is 341 g/mol. The van der Waals surface area contributed by atoms with Gasteiger partial charge in [-0.3, -0.25) is 9.59 Å². The van der Waals surface area contributed by atoms with Gasteiger partial charge in [0.15, 0.2) is 0 Å². The van der Waals surface area contributed by atoms with Gasteiger partial charge in [-0.25, -0.2) is 0 Å². The van der Waals surface area contributed by atoms with E-state index in [9.17, 15) is 9.59 Å². The van der Waals surface area contributed by atoms with E-state index in [2.05, 4.69) is 10.6 Å². The lowest BCUT2D eigenvalue weighted by atomic mass is 9.67. The molecule has 2 aromatic carbocycles. The third-order valence-corrected chi connectivity index (χ3v) is 5.27. The number of anilines is 1. The highest BCUT2D eigenvalue weighted by molar-refractivity contribution is 6.31. The molecule has 0 aliphatic carbocycles. The second-order valence-corrected chi connectivity index (χ2v) is 6.97. The number of hydrogen-bond acceptors (Lipinski definition) is 2. The normalized spacial score (nSPS) is 25.3. The van der Waals surface area contributed by atoms with Gasteiger partial charge in [-0.15, -0.1) is 0 Å². The Kier molecular flexibility index (Phi) is 3.39. The zero-order valence-electron chi connectivity index (χ0n) is 13.2. The smallest absolute Gasteiger partial charge is 0.237 e. The van der Waals surface area contributed by atoms with E-state index >= 15 is 0 Å². The first-order chi connectivity index (χ1) is 11.5. The molecule has 0 radical (unpaired) electrons. The van der Waals surface area contributed by atoms with Gasteiger partial charge in [-0.05, 0) is 36.6 Å². The molecule has 4 rings (SSSR count). The molecule has 0 aromatic heterocycles. The highest BCUT2D eigenvalue weighted by Crippen LogP contribution is 2.51. The summed E-state index contributed by atoms with van der Waals surface area (Å²) in [5, 5.41) is 6.58. The molecule has 2 heterocycles. The van der Waals surface area contributed by atoms with Crippen molar-refractivity contribution in [3.05, 3.63) is 64.2 Å². The molecule has 24 heavy (non-hydrogen) atoms. The van der Waals surface area contributed by atoms with Crippen LogP contribution in [-0.2, 0) is 15.0 Å². The van der Waals surface area contributed by atoms with Crippen LogP contribution in [-0.4, -0.2) is 11.8 Å². The van der Waals surface area contributed by atoms with Crippen LogP contribution in [0.2, 0.25) is 5.02 Å². The van der Waals surface area contributed by atoms with Crippen LogP contribution < -0.4 is 10.6 Å². The molecule has 0 saturated carbocycles. The van der Waals surface area contributed by atoms with Crippen molar-refractivity contribution in [2.45, 2.75) is 31.2 Å². The maximum atomic E-state index is 13.0. The Hall–Kier alpha value is -2.33. The van der Waals surface area contributed by atoms with E-state index in [4.69, 9.17) is 11.6 Å². The van der Waals surface area contributed by atoms with Crippen molar-refractivity contribution in [3.63, 3.8) is 0 Å². The quantitative estimate of drug-likeness (QED) is 0.835. The average Bonchev–Trinajstić information content (AvgIpc) is 2.81. The van der Waals surface area contributed by atoms with E-state index < -0.39 is 5.41 Å². The van der Waals surface area contributed by atoms with Gasteiger partial charge in [-0.1, -0.05) is 47.5 Å². The number of rotatable bonds is 1. The number of fused-ring (bicyclic) bond motifs is 2. The molecule has 0 bridgehead atoms. The van der Waals surface area contributed by atoms with Crippen molar-refractivity contribution in [1.29, 1.82) is 0 Å². The van der Waals surface area contributed by atoms with Gasteiger partial charge in [0.1, 0.15) is 5.41 Å². The Bertz CT molecular complexity index is 864. The summed E-state index contributed by atoms with van der Waals surface area (Å²) in [6, 6.07) is 13.0. The van der Waals surface area contributed by atoms with Crippen LogP contribution in [0.5, 0.6) is 0 Å². The topological polar surface area (TPSA) is 58.2 Å². The van der Waals surface area contributed by atoms with Crippen molar-refractivity contribution in [3.8, 4) is 0 Å². The molecule has 2 aliphatic heterocycles. The first-order valence-electron chi connectivity index (χ1n) is 7.98. The van der Waals surface area contributed by atoms with Gasteiger partial charge in [-0.2, -0.15) is 0 Å². The number of carbonyl (C=O) groups is 2. The monoisotopic (exact) mass is 340 g/mol. The third-order valence-electron chi connectivity index (χ3n) is 5.04. The summed E-state index contributed by atoms with van der Waals surface area (Å²) in [5.41, 5.74) is 2.89. The molecule has 1 spiro atoms. The lowest BCUT2D eigenvalue weighted by molar-refractivity contribution is -0.130. The third kappa shape index (κ3) is 2.13. The highest BCUT2D eigenvalue weighted by atomic mass is 35.5. The molecule has 1 saturated heterocycles. The fourth-order valence-electron chi connectivity index (χ4n) is 3.93. The minimum atomic E-state index is -0.790. The van der Waals surface area contributed by atoms with Crippen molar-refractivity contribution in [1.82, 2.24) is 5.32 Å². The minimum Gasteiger partial charge on any atom is -0.348 e. The summed E-state index contributed by atoms with van der Waals surface area (Å²) in [6.45, 7) is 2.00. The number of halogens is 1. The molecule has 4 nitrogen and oxygen atoms in total. The zero-order valence-corrected chi connectivity index (χ0v) is 14.0. The van der Waals surface area contributed by atoms with Gasteiger partial charge >= 0.3 is 0 Å². The van der Waals surface area contributed by atoms with Crippen molar-refractivity contribution in [2.75, 3.05) is 5.32 Å². The lowest BCUT2D eigenvalue weighted by Gasteiger charge is -2.40. The summed E-state index contributed by atoms with van der Waals surface area (Å²) in [7, 11) is 0. The summed E-state index contributed by atoms with van der Waals surface area (Å²) in [6.07, 6.45) is 0.815. The Morgan fingerprint density at radius 1 is 1.17 bits per heavy atom. The van der Waals surface area contributed by atoms with E-state index in [0.29, 0.717) is 17.9 Å². The number of piperidine rings is 1. The molecular formula is C19H17ClN2O2. The van der Waals surface area contributed by atoms with E-state index in [1.54, 1.807) is 12.1 Å². The van der Waals surface area contributed by atoms with Crippen LogP contribution in [0.25, 0.3) is 0 Å². The van der Waals surface area contributed by atoms with Crippen LogP contribution in [0.3, 0.4) is 0 Å². The van der Waals surface area contributed by atoms with E-state index in [-0.39, 0.29) is 17.9 Å². The lowest BCUT2D eigenvalue weighted by Crippen LogP contribution is -2.52. The second kappa shape index (κ2) is 5.35. The first kappa shape index (κ1) is 15.2. The summed E-state index contributed by atoms with van der Waals surface area (Å²) in [5.74, 6) is -0.103. The number of benzene rings is 2. The SMILES string of the molecule is Cc1cccc([C@H]2NC(=O)CC[C@]23C(=O)Nc2cc(Cl)ccc23)c1. The molecule has 0 unspecified atom stereocenters. The summed E-state index contributed by atoms with van der Waals surface area (Å²) >= 11 is 6.07. The Balaban J connectivity index is 1.91. The summed E-state index contributed by atoms with van der Waals surface area (Å²) < 4.78 is 0. The van der Waals surface area contributed by atoms with Crippen LogP contribution in [0.15, 0.2) is 42.5 Å². The maximum Gasteiger partial charge on any atom is 0.237 e. The Morgan fingerprint density at radius 2 is 2.00 bits per heavy atom. The number of amides is 2. The molecule has 2 N–H and O–H groups in total. The van der Waals surface area contributed by atoms with Gasteiger partial charge in [0, 0.05) is 17.1 Å². The minimum absolute atomic E-state index is 0.0256. The van der Waals surface area contributed by atoms with Crippen molar-refractivity contribution >= 4 is 29.1 Å². The molecule has 2 atom stereocenters. The molecular weight excluding hydrogens is 324 g/mol. The van der Waals surface area contributed by atoms with Crippen LogP contribution in [0.1, 0.15) is 35.6 Å². The van der Waals surface area contributed by atoms with Crippen LogP contribution in [0.4, 0.5) is 5.69 Å². The number of hydrogen-bond donors (Lipinski definition) is 2. The highest BCUT2D eigenvalue weighted by Gasteiger charge is 2.55. The van der Waals surface area contributed by atoms with E-state index in [1.165, 1.54) is 0 Å². The van der Waals surface area contributed by atoms with Gasteiger partial charge < -0.3 is 10.6 Å². The van der Waals surface area contributed by atoms with E-state index in [1.807, 2.05) is 37.3 Å². The molecule has 2 aromatic rings. The first-order valence-corrected chi connectivity index (χ1v) is 8.36. The van der Waals surface area contributed by atoms with Gasteiger partial charge in [0.25, 0.3) is 0 Å². The molecule has 5 heteroatoms. The zero-order chi connectivity index (χ0) is 16.9. The number of aryl methyl sites for hydroxylation is 1. The van der Waals surface area contributed by atoms with Gasteiger partial charge in [0.05, 0.1) is 6.04 Å². The molecule has 2 aliphatic rings. The molecule has 1 fully saturated rings. The largest absolute Gasteiger partial charge is 0.348 e. The molecule has 122 valence electrons. The fraction of sp³-hybridized carbons (Fsp3) is 0.263. The van der Waals surface area contributed by atoms with Crippen LogP contribution in [0, 0.1) is 6.92 Å². The van der Waals surface area contributed by atoms with Gasteiger partial charge in [0.2, 0.25) is 11.8 Å². The predicted molar refractivity (Wildman–Crippen MR) is 93.1 cm³/mol. The second-order valence-electron chi connectivity index (χ2n) is 6.53. The van der Waals surface area contributed by atoms with Crippen molar-refractivity contribution in [2.24, 2.45) is 0 Å². The van der Waals surface area contributed by atoms with Crippen molar-refractivity contribution < 1.29 is 9.59 Å².